The normalized spacial score (nSPS) is 12.0. The van der Waals surface area contributed by atoms with Gasteiger partial charge in [0.1, 0.15) is 5.78 Å². The number of Topliss-reactive ketones (excluding diaryl/α,β-unsaturated/α-hetero) is 1. The summed E-state index contributed by atoms with van der Waals surface area (Å²) in [5.41, 5.74) is 7.29. The van der Waals surface area contributed by atoms with E-state index < -0.39 is 5.54 Å². The molecule has 2 rings (SSSR count). The highest BCUT2D eigenvalue weighted by atomic mass is 16.1. The van der Waals surface area contributed by atoms with Crippen LogP contribution in [0.2, 0.25) is 0 Å². The first kappa shape index (κ1) is 12.8. The van der Waals surface area contributed by atoms with Gasteiger partial charge in [0.25, 0.3) is 0 Å². The number of hydrogen-bond acceptors (Lipinski definition) is 3. The van der Waals surface area contributed by atoms with E-state index in [0.29, 0.717) is 12.8 Å². The largest absolute Gasteiger partial charge is 0.325 e. The quantitative estimate of drug-likeness (QED) is 0.893. The van der Waals surface area contributed by atoms with Gasteiger partial charge in [-0.3, -0.25) is 9.48 Å². The molecule has 0 unspecified atom stereocenters. The maximum Gasteiger partial charge on any atom is 0.140 e. The van der Waals surface area contributed by atoms with Gasteiger partial charge in [-0.05, 0) is 19.9 Å². The molecule has 4 heteroatoms. The van der Waals surface area contributed by atoms with Gasteiger partial charge in [0, 0.05) is 24.4 Å². The minimum atomic E-state index is -0.457. The third-order valence-corrected chi connectivity index (χ3v) is 2.85. The van der Waals surface area contributed by atoms with E-state index in [1.807, 2.05) is 49.8 Å². The summed E-state index contributed by atoms with van der Waals surface area (Å²) in [6, 6.07) is 7.94. The average molecular weight is 245 g/mol. The molecule has 0 aliphatic heterocycles. The minimum absolute atomic E-state index is 0.131. The number of rotatable bonds is 4. The van der Waals surface area contributed by atoms with Crippen LogP contribution < -0.4 is 5.73 Å². The maximum atomic E-state index is 12.0. The molecule has 1 heterocycles. The van der Waals surface area contributed by atoms with E-state index in [2.05, 4.69) is 5.10 Å². The first-order valence-corrected chi connectivity index (χ1v) is 6.08. The Balaban J connectivity index is 2.25. The van der Waals surface area contributed by atoms with Crippen molar-refractivity contribution >= 4 is 16.7 Å². The third kappa shape index (κ3) is 2.76. The molecule has 2 N–H and O–H groups in total. The summed E-state index contributed by atoms with van der Waals surface area (Å²) in [6.45, 7) is 3.73. The zero-order valence-corrected chi connectivity index (χ0v) is 11.1. The molecule has 0 saturated carbocycles. The van der Waals surface area contributed by atoms with Crippen LogP contribution in [0, 0.1) is 0 Å². The Labute approximate surface area is 107 Å². The summed E-state index contributed by atoms with van der Waals surface area (Å²) >= 11 is 0. The zero-order chi connectivity index (χ0) is 13.3. The molecule has 4 nitrogen and oxygen atoms in total. The van der Waals surface area contributed by atoms with Gasteiger partial charge in [0.2, 0.25) is 0 Å². The summed E-state index contributed by atoms with van der Waals surface area (Å²) in [5.74, 6) is 0.131. The van der Waals surface area contributed by atoms with Crippen molar-refractivity contribution in [2.24, 2.45) is 12.8 Å². The third-order valence-electron chi connectivity index (χ3n) is 2.85. The molecule has 0 atom stereocenters. The predicted molar refractivity (Wildman–Crippen MR) is 72.3 cm³/mol. The van der Waals surface area contributed by atoms with Crippen LogP contribution in [0.1, 0.15) is 26.0 Å². The minimum Gasteiger partial charge on any atom is -0.325 e. The number of carbonyl (C=O) groups is 1. The first-order chi connectivity index (χ1) is 8.37. The predicted octanol–water partition coefficient (Wildman–Crippen LogP) is 1.81. The fourth-order valence-corrected chi connectivity index (χ4v) is 2.18. The van der Waals surface area contributed by atoms with Crippen molar-refractivity contribution in [3.8, 4) is 0 Å². The van der Waals surface area contributed by atoms with E-state index in [-0.39, 0.29) is 5.78 Å². The van der Waals surface area contributed by atoms with Gasteiger partial charge in [-0.2, -0.15) is 5.10 Å². The smallest absolute Gasteiger partial charge is 0.140 e. The second kappa shape index (κ2) is 4.53. The van der Waals surface area contributed by atoms with Crippen LogP contribution in [-0.2, 0) is 18.3 Å². The van der Waals surface area contributed by atoms with Gasteiger partial charge in [-0.15, -0.1) is 0 Å². The lowest BCUT2D eigenvalue weighted by atomic mass is 9.96. The second-order valence-electron chi connectivity index (χ2n) is 5.47. The van der Waals surface area contributed by atoms with Crippen LogP contribution in [0.5, 0.6) is 0 Å². The summed E-state index contributed by atoms with van der Waals surface area (Å²) in [4.78, 5) is 12.0. The molecular formula is C14H19N3O. The number of nitrogens with two attached hydrogens (primary N) is 1. The zero-order valence-electron chi connectivity index (χ0n) is 11.1. The van der Waals surface area contributed by atoms with Crippen LogP contribution in [0.3, 0.4) is 0 Å². The van der Waals surface area contributed by atoms with Crippen molar-refractivity contribution in [3.05, 3.63) is 30.0 Å². The van der Waals surface area contributed by atoms with Crippen molar-refractivity contribution in [2.45, 2.75) is 32.2 Å². The van der Waals surface area contributed by atoms with Crippen LogP contribution in [-0.4, -0.2) is 21.1 Å². The Kier molecular flexibility index (Phi) is 3.22. The number of hydrogen-bond donors (Lipinski definition) is 1. The monoisotopic (exact) mass is 245 g/mol. The van der Waals surface area contributed by atoms with E-state index in [4.69, 9.17) is 5.73 Å². The Bertz CT molecular complexity index is 578. The first-order valence-electron chi connectivity index (χ1n) is 6.08. The summed E-state index contributed by atoms with van der Waals surface area (Å²) in [5, 5.41) is 5.46. The number of nitrogens with zero attached hydrogens (tertiary/aromatic N) is 2. The summed E-state index contributed by atoms with van der Waals surface area (Å²) in [7, 11) is 1.89. The van der Waals surface area contributed by atoms with E-state index >= 15 is 0 Å². The maximum absolute atomic E-state index is 12.0. The van der Waals surface area contributed by atoms with E-state index in [9.17, 15) is 4.79 Å². The van der Waals surface area contributed by atoms with Gasteiger partial charge in [-0.25, -0.2) is 0 Å². The lowest BCUT2D eigenvalue weighted by Crippen LogP contribution is -2.35. The molecule has 0 bridgehead atoms. The number of aryl methyl sites for hydroxylation is 1. The Hall–Kier alpha value is -1.68. The topological polar surface area (TPSA) is 60.9 Å². The number of benzene rings is 1. The van der Waals surface area contributed by atoms with Crippen LogP contribution in [0.25, 0.3) is 10.9 Å². The number of carbonyl (C=O) groups excluding carboxylic acids is 1. The highest BCUT2D eigenvalue weighted by molar-refractivity contribution is 5.88. The SMILES string of the molecule is Cn1nc(CC(=O)CC(C)(C)N)c2ccccc21. The van der Waals surface area contributed by atoms with Crippen molar-refractivity contribution < 1.29 is 4.79 Å². The van der Waals surface area contributed by atoms with Gasteiger partial charge in [-0.1, -0.05) is 18.2 Å². The van der Waals surface area contributed by atoms with Gasteiger partial charge in [0.05, 0.1) is 17.6 Å². The highest BCUT2D eigenvalue weighted by Gasteiger charge is 2.18. The number of ketones is 1. The highest BCUT2D eigenvalue weighted by Crippen LogP contribution is 2.19. The molecule has 1 aromatic carbocycles. The van der Waals surface area contributed by atoms with E-state index in [1.165, 1.54) is 0 Å². The Morgan fingerprint density at radius 3 is 2.72 bits per heavy atom. The van der Waals surface area contributed by atoms with Crippen LogP contribution >= 0.6 is 0 Å². The number of para-hydroxylation sites is 1. The molecule has 2 aromatic rings. The molecule has 0 saturated heterocycles. The van der Waals surface area contributed by atoms with Gasteiger partial charge >= 0.3 is 0 Å². The van der Waals surface area contributed by atoms with Crippen molar-refractivity contribution in [2.75, 3.05) is 0 Å². The van der Waals surface area contributed by atoms with Crippen LogP contribution in [0.4, 0.5) is 0 Å². The lowest BCUT2D eigenvalue weighted by Gasteiger charge is -2.16. The number of aromatic nitrogens is 2. The van der Waals surface area contributed by atoms with E-state index in [0.717, 1.165) is 16.6 Å². The van der Waals surface area contributed by atoms with Crippen molar-refractivity contribution in [1.82, 2.24) is 9.78 Å². The molecular weight excluding hydrogens is 226 g/mol. The Morgan fingerprint density at radius 2 is 2.06 bits per heavy atom. The lowest BCUT2D eigenvalue weighted by molar-refractivity contribution is -0.119. The standard InChI is InChI=1S/C14H19N3O/c1-14(2,15)9-10(18)8-12-11-6-4-5-7-13(11)17(3)16-12/h4-7H,8-9,15H2,1-3H3. The molecule has 0 radical (unpaired) electrons. The second-order valence-corrected chi connectivity index (χ2v) is 5.47. The molecule has 0 amide bonds. The molecule has 96 valence electrons. The van der Waals surface area contributed by atoms with Crippen molar-refractivity contribution in [1.29, 1.82) is 0 Å². The number of fused-ring (bicyclic) bond motifs is 1. The fraction of sp³-hybridized carbons (Fsp3) is 0.429. The van der Waals surface area contributed by atoms with Gasteiger partial charge < -0.3 is 5.73 Å². The molecule has 0 aliphatic carbocycles. The van der Waals surface area contributed by atoms with Crippen LogP contribution in [0.15, 0.2) is 24.3 Å². The Morgan fingerprint density at radius 1 is 1.39 bits per heavy atom. The molecule has 0 aliphatic rings. The summed E-state index contributed by atoms with van der Waals surface area (Å²) < 4.78 is 1.81. The fourth-order valence-electron chi connectivity index (χ4n) is 2.18. The molecule has 18 heavy (non-hydrogen) atoms. The van der Waals surface area contributed by atoms with Gasteiger partial charge in [0.15, 0.2) is 0 Å². The summed E-state index contributed by atoms with van der Waals surface area (Å²) in [6.07, 6.45) is 0.722. The van der Waals surface area contributed by atoms with E-state index in [1.54, 1.807) is 0 Å². The molecule has 0 fully saturated rings. The molecule has 1 aromatic heterocycles. The molecule has 0 spiro atoms. The average Bonchev–Trinajstić information content (AvgIpc) is 2.54. The van der Waals surface area contributed by atoms with Crippen molar-refractivity contribution in [3.63, 3.8) is 0 Å².